The van der Waals surface area contributed by atoms with E-state index in [2.05, 4.69) is 15.6 Å². The van der Waals surface area contributed by atoms with Gasteiger partial charge in [-0.3, -0.25) is 10.2 Å². The molecule has 0 bridgehead atoms. The summed E-state index contributed by atoms with van der Waals surface area (Å²) in [4.78, 5) is 16.3. The lowest BCUT2D eigenvalue weighted by Crippen LogP contribution is -2.30. The number of carbonyl (C=O) groups excluding carboxylic acids is 1. The third-order valence-corrected chi connectivity index (χ3v) is 3.88. The molecule has 0 fully saturated rings. The summed E-state index contributed by atoms with van der Waals surface area (Å²) in [7, 11) is 0. The fraction of sp³-hybridized carbons (Fsp3) is 0.0714. The van der Waals surface area contributed by atoms with Crippen LogP contribution in [0.3, 0.4) is 0 Å². The van der Waals surface area contributed by atoms with E-state index in [-0.39, 0.29) is 5.69 Å². The van der Waals surface area contributed by atoms with Crippen molar-refractivity contribution in [1.29, 1.82) is 0 Å². The summed E-state index contributed by atoms with van der Waals surface area (Å²) in [5.74, 6) is 5.18. The standard InChI is InChI=1S/C14H12N4O2S/c1-8-11(12(18-20-8)13(19)17-15)10-7-21-14(16-10)9-5-3-2-4-6-9/h2-7H,15H2,1H3,(H,17,19). The topological polar surface area (TPSA) is 94.0 Å². The number of nitrogen functional groups attached to an aromatic ring is 1. The van der Waals surface area contributed by atoms with E-state index >= 15 is 0 Å². The first-order valence-electron chi connectivity index (χ1n) is 6.19. The Hall–Kier alpha value is -2.51. The van der Waals surface area contributed by atoms with Crippen molar-refractivity contribution in [3.8, 4) is 21.8 Å². The van der Waals surface area contributed by atoms with E-state index in [9.17, 15) is 4.79 Å². The zero-order valence-electron chi connectivity index (χ0n) is 11.2. The first-order chi connectivity index (χ1) is 10.2. The van der Waals surface area contributed by atoms with Crippen LogP contribution in [0.2, 0.25) is 0 Å². The van der Waals surface area contributed by atoms with Gasteiger partial charge in [-0.1, -0.05) is 35.5 Å². The van der Waals surface area contributed by atoms with Crippen LogP contribution in [0.1, 0.15) is 16.2 Å². The van der Waals surface area contributed by atoms with Crippen LogP contribution in [0.5, 0.6) is 0 Å². The fourth-order valence-corrected chi connectivity index (χ4v) is 2.82. The van der Waals surface area contributed by atoms with E-state index in [4.69, 9.17) is 10.4 Å². The monoisotopic (exact) mass is 300 g/mol. The largest absolute Gasteiger partial charge is 0.360 e. The van der Waals surface area contributed by atoms with Crippen molar-refractivity contribution in [2.24, 2.45) is 5.84 Å². The number of benzene rings is 1. The molecule has 0 saturated carbocycles. The number of hydrogen-bond donors (Lipinski definition) is 2. The Morgan fingerprint density at radius 2 is 2.10 bits per heavy atom. The van der Waals surface area contributed by atoms with Crippen molar-refractivity contribution >= 4 is 17.2 Å². The van der Waals surface area contributed by atoms with E-state index in [1.54, 1.807) is 6.92 Å². The van der Waals surface area contributed by atoms with Crippen molar-refractivity contribution < 1.29 is 9.32 Å². The first kappa shape index (κ1) is 13.5. The van der Waals surface area contributed by atoms with Crippen LogP contribution < -0.4 is 11.3 Å². The Bertz CT molecular complexity index is 779. The summed E-state index contributed by atoms with van der Waals surface area (Å²) in [6.07, 6.45) is 0. The van der Waals surface area contributed by atoms with E-state index < -0.39 is 5.91 Å². The molecule has 0 radical (unpaired) electrons. The molecule has 3 rings (SSSR count). The van der Waals surface area contributed by atoms with Crippen LogP contribution in [-0.2, 0) is 0 Å². The summed E-state index contributed by atoms with van der Waals surface area (Å²) < 4.78 is 5.09. The number of carbonyl (C=O) groups is 1. The molecule has 0 aliphatic rings. The molecule has 0 unspecified atom stereocenters. The Labute approximate surface area is 124 Å². The molecule has 106 valence electrons. The molecule has 1 amide bonds. The number of aromatic nitrogens is 2. The van der Waals surface area contributed by atoms with E-state index in [0.29, 0.717) is 17.0 Å². The van der Waals surface area contributed by atoms with Gasteiger partial charge in [0, 0.05) is 10.9 Å². The molecule has 2 aromatic heterocycles. The maximum absolute atomic E-state index is 11.7. The summed E-state index contributed by atoms with van der Waals surface area (Å²) in [6.45, 7) is 1.73. The van der Waals surface area contributed by atoms with Gasteiger partial charge in [0.15, 0.2) is 5.69 Å². The highest BCUT2D eigenvalue weighted by Crippen LogP contribution is 2.32. The van der Waals surface area contributed by atoms with Gasteiger partial charge in [0.05, 0.1) is 11.3 Å². The van der Waals surface area contributed by atoms with Crippen molar-refractivity contribution in [2.45, 2.75) is 6.92 Å². The minimum Gasteiger partial charge on any atom is -0.360 e. The predicted molar refractivity (Wildman–Crippen MR) is 79.4 cm³/mol. The number of nitrogens with zero attached hydrogens (tertiary/aromatic N) is 2. The van der Waals surface area contributed by atoms with Crippen molar-refractivity contribution in [2.75, 3.05) is 0 Å². The lowest BCUT2D eigenvalue weighted by molar-refractivity contribution is 0.0945. The molecular formula is C14H12N4O2S. The molecular weight excluding hydrogens is 288 g/mol. The normalized spacial score (nSPS) is 10.6. The molecule has 21 heavy (non-hydrogen) atoms. The number of rotatable bonds is 3. The number of nitrogens with one attached hydrogen (secondary N) is 1. The molecule has 0 aliphatic carbocycles. The second-order valence-electron chi connectivity index (χ2n) is 4.34. The maximum atomic E-state index is 11.7. The Morgan fingerprint density at radius 3 is 2.81 bits per heavy atom. The highest BCUT2D eigenvalue weighted by Gasteiger charge is 2.22. The van der Waals surface area contributed by atoms with Gasteiger partial charge in [0.2, 0.25) is 0 Å². The molecule has 1 aromatic carbocycles. The van der Waals surface area contributed by atoms with Gasteiger partial charge in [0.1, 0.15) is 10.8 Å². The Balaban J connectivity index is 2.05. The average molecular weight is 300 g/mol. The number of amides is 1. The summed E-state index contributed by atoms with van der Waals surface area (Å²) in [5.41, 5.74) is 4.43. The highest BCUT2D eigenvalue weighted by molar-refractivity contribution is 7.13. The third kappa shape index (κ3) is 2.44. The maximum Gasteiger partial charge on any atom is 0.288 e. The zero-order valence-corrected chi connectivity index (χ0v) is 12.0. The van der Waals surface area contributed by atoms with Gasteiger partial charge < -0.3 is 4.52 Å². The van der Waals surface area contributed by atoms with Crippen LogP contribution >= 0.6 is 11.3 Å². The predicted octanol–water partition coefficient (Wildman–Crippen LogP) is 2.38. The molecule has 6 nitrogen and oxygen atoms in total. The van der Waals surface area contributed by atoms with Crippen LogP contribution in [0, 0.1) is 6.92 Å². The van der Waals surface area contributed by atoms with Crippen LogP contribution in [0.15, 0.2) is 40.2 Å². The minimum atomic E-state index is -0.504. The second-order valence-corrected chi connectivity index (χ2v) is 5.20. The third-order valence-electron chi connectivity index (χ3n) is 2.99. The van der Waals surface area contributed by atoms with Gasteiger partial charge in [-0.25, -0.2) is 10.8 Å². The van der Waals surface area contributed by atoms with Crippen molar-refractivity contribution in [3.05, 3.63) is 47.2 Å². The lowest BCUT2D eigenvalue weighted by Gasteiger charge is -1.98. The fourth-order valence-electron chi connectivity index (χ4n) is 2.00. The molecule has 0 saturated heterocycles. The highest BCUT2D eigenvalue weighted by atomic mass is 32.1. The second kappa shape index (κ2) is 5.47. The summed E-state index contributed by atoms with van der Waals surface area (Å²) in [6, 6.07) is 9.82. The zero-order chi connectivity index (χ0) is 14.8. The molecule has 3 N–H and O–H groups in total. The van der Waals surface area contributed by atoms with Gasteiger partial charge in [-0.15, -0.1) is 11.3 Å². The number of thiazole rings is 1. The molecule has 0 atom stereocenters. The van der Waals surface area contributed by atoms with Gasteiger partial charge in [-0.05, 0) is 6.92 Å². The Morgan fingerprint density at radius 1 is 1.33 bits per heavy atom. The smallest absolute Gasteiger partial charge is 0.288 e. The van der Waals surface area contributed by atoms with Gasteiger partial charge in [-0.2, -0.15) is 0 Å². The SMILES string of the molecule is Cc1onc(C(=O)NN)c1-c1csc(-c2ccccc2)n1. The van der Waals surface area contributed by atoms with Crippen LogP contribution in [0.4, 0.5) is 0 Å². The molecule has 3 aromatic rings. The lowest BCUT2D eigenvalue weighted by atomic mass is 10.1. The number of hydrogen-bond acceptors (Lipinski definition) is 6. The molecule has 0 aliphatic heterocycles. The van der Waals surface area contributed by atoms with Gasteiger partial charge >= 0.3 is 0 Å². The van der Waals surface area contributed by atoms with Crippen LogP contribution in [-0.4, -0.2) is 16.0 Å². The van der Waals surface area contributed by atoms with E-state index in [1.165, 1.54) is 11.3 Å². The number of nitrogens with two attached hydrogens (primary N) is 1. The summed E-state index contributed by atoms with van der Waals surface area (Å²) >= 11 is 1.49. The number of hydrazine groups is 1. The number of aryl methyl sites for hydroxylation is 1. The summed E-state index contributed by atoms with van der Waals surface area (Å²) in [5, 5.41) is 6.48. The first-order valence-corrected chi connectivity index (χ1v) is 7.07. The van der Waals surface area contributed by atoms with Crippen molar-refractivity contribution in [3.63, 3.8) is 0 Å². The van der Waals surface area contributed by atoms with E-state index in [0.717, 1.165) is 10.6 Å². The minimum absolute atomic E-state index is 0.139. The molecule has 7 heteroatoms. The Kier molecular flexibility index (Phi) is 3.51. The quantitative estimate of drug-likeness (QED) is 0.440. The van der Waals surface area contributed by atoms with E-state index in [1.807, 2.05) is 35.7 Å². The molecule has 0 spiro atoms. The molecule has 2 heterocycles. The van der Waals surface area contributed by atoms with Crippen molar-refractivity contribution in [1.82, 2.24) is 15.6 Å². The van der Waals surface area contributed by atoms with Gasteiger partial charge in [0.25, 0.3) is 5.91 Å². The van der Waals surface area contributed by atoms with Crippen LogP contribution in [0.25, 0.3) is 21.8 Å². The average Bonchev–Trinajstić information content (AvgIpc) is 3.13.